The number of hydrogen-bond donors (Lipinski definition) is 2. The summed E-state index contributed by atoms with van der Waals surface area (Å²) in [5.74, 6) is -0.124. The Hall–Kier alpha value is -2.62. The average molecular weight is 282 g/mol. The number of carbonyl (C=O) groups excluding carboxylic acids is 2. The smallest absolute Gasteiger partial charge is 0.228 e. The molecule has 21 heavy (non-hydrogen) atoms. The molecular weight excluding hydrogens is 264 g/mol. The number of para-hydroxylation sites is 1. The van der Waals surface area contributed by atoms with Gasteiger partial charge in [0.25, 0.3) is 0 Å². The van der Waals surface area contributed by atoms with E-state index in [1.165, 1.54) is 0 Å². The first-order valence-corrected chi connectivity index (χ1v) is 6.91. The standard InChI is InChI=1S/C17H18N2O2/c1-2-16(20)19-15-10-6-7-13(11-15)12-17(21)18-14-8-4-3-5-9-14/h3-11H,2,12H2,1H3,(H,18,21)(H,19,20). The third-order valence-corrected chi connectivity index (χ3v) is 2.95. The first-order valence-electron chi connectivity index (χ1n) is 6.91. The minimum absolute atomic E-state index is 0.0408. The molecule has 0 aliphatic rings. The van der Waals surface area contributed by atoms with E-state index in [1.807, 2.05) is 54.6 Å². The summed E-state index contributed by atoms with van der Waals surface area (Å²) < 4.78 is 0. The Labute approximate surface area is 124 Å². The van der Waals surface area contributed by atoms with Crippen LogP contribution < -0.4 is 10.6 Å². The highest BCUT2D eigenvalue weighted by atomic mass is 16.2. The molecule has 2 rings (SSSR count). The number of hydrogen-bond acceptors (Lipinski definition) is 2. The molecule has 0 aliphatic carbocycles. The molecule has 0 saturated carbocycles. The van der Waals surface area contributed by atoms with Crippen molar-refractivity contribution in [1.29, 1.82) is 0 Å². The number of benzene rings is 2. The Kier molecular flexibility index (Phi) is 5.10. The number of carbonyl (C=O) groups is 2. The highest BCUT2D eigenvalue weighted by molar-refractivity contribution is 5.93. The van der Waals surface area contributed by atoms with Crippen LogP contribution in [0.25, 0.3) is 0 Å². The van der Waals surface area contributed by atoms with Crippen LogP contribution in [0.5, 0.6) is 0 Å². The lowest BCUT2D eigenvalue weighted by Gasteiger charge is -2.07. The van der Waals surface area contributed by atoms with Crippen LogP contribution in [0, 0.1) is 0 Å². The Morgan fingerprint density at radius 1 is 0.857 bits per heavy atom. The molecule has 0 radical (unpaired) electrons. The van der Waals surface area contributed by atoms with Crippen LogP contribution in [0.4, 0.5) is 11.4 Å². The molecule has 4 nitrogen and oxygen atoms in total. The largest absolute Gasteiger partial charge is 0.326 e. The summed E-state index contributed by atoms with van der Waals surface area (Å²) >= 11 is 0. The van der Waals surface area contributed by atoms with Crippen molar-refractivity contribution in [3.05, 3.63) is 60.2 Å². The highest BCUT2D eigenvalue weighted by Gasteiger charge is 2.05. The predicted molar refractivity (Wildman–Crippen MR) is 84.1 cm³/mol. The van der Waals surface area contributed by atoms with E-state index in [0.29, 0.717) is 12.1 Å². The van der Waals surface area contributed by atoms with E-state index in [2.05, 4.69) is 10.6 Å². The molecule has 0 atom stereocenters. The lowest BCUT2D eigenvalue weighted by molar-refractivity contribution is -0.116. The Bertz CT molecular complexity index is 624. The van der Waals surface area contributed by atoms with E-state index in [-0.39, 0.29) is 18.2 Å². The van der Waals surface area contributed by atoms with Gasteiger partial charge in [-0.25, -0.2) is 0 Å². The van der Waals surface area contributed by atoms with Gasteiger partial charge in [0, 0.05) is 17.8 Å². The van der Waals surface area contributed by atoms with Gasteiger partial charge in [0.2, 0.25) is 11.8 Å². The molecule has 0 aliphatic heterocycles. The maximum atomic E-state index is 12.0. The number of nitrogens with one attached hydrogen (secondary N) is 2. The monoisotopic (exact) mass is 282 g/mol. The van der Waals surface area contributed by atoms with Gasteiger partial charge in [0.05, 0.1) is 6.42 Å². The molecule has 108 valence electrons. The van der Waals surface area contributed by atoms with Gasteiger partial charge in [-0.2, -0.15) is 0 Å². The number of anilines is 2. The second kappa shape index (κ2) is 7.24. The second-order valence-electron chi connectivity index (χ2n) is 4.69. The summed E-state index contributed by atoms with van der Waals surface area (Å²) in [5, 5.41) is 5.62. The molecule has 2 aromatic carbocycles. The van der Waals surface area contributed by atoms with Crippen LogP contribution in [-0.2, 0) is 16.0 Å². The van der Waals surface area contributed by atoms with Crippen molar-refractivity contribution in [1.82, 2.24) is 0 Å². The SMILES string of the molecule is CCC(=O)Nc1cccc(CC(=O)Nc2ccccc2)c1. The van der Waals surface area contributed by atoms with Crippen molar-refractivity contribution in [2.24, 2.45) is 0 Å². The van der Waals surface area contributed by atoms with Crippen LogP contribution in [0.1, 0.15) is 18.9 Å². The van der Waals surface area contributed by atoms with Crippen LogP contribution in [0.2, 0.25) is 0 Å². The molecule has 0 heterocycles. The molecule has 0 saturated heterocycles. The van der Waals surface area contributed by atoms with E-state index in [1.54, 1.807) is 6.92 Å². The third kappa shape index (κ3) is 4.76. The molecule has 4 heteroatoms. The summed E-state index contributed by atoms with van der Waals surface area (Å²) in [6, 6.07) is 16.7. The van der Waals surface area contributed by atoms with Crippen LogP contribution in [-0.4, -0.2) is 11.8 Å². The zero-order chi connectivity index (χ0) is 15.1. The number of amides is 2. The third-order valence-electron chi connectivity index (χ3n) is 2.95. The van der Waals surface area contributed by atoms with Crippen molar-refractivity contribution in [2.45, 2.75) is 19.8 Å². The summed E-state index contributed by atoms with van der Waals surface area (Å²) in [4.78, 5) is 23.3. The first kappa shape index (κ1) is 14.8. The molecule has 2 N–H and O–H groups in total. The summed E-state index contributed by atoms with van der Waals surface area (Å²) in [6.45, 7) is 1.80. The Morgan fingerprint density at radius 2 is 1.52 bits per heavy atom. The van der Waals surface area contributed by atoms with Crippen molar-refractivity contribution < 1.29 is 9.59 Å². The normalized spacial score (nSPS) is 9.95. The molecule has 0 aromatic heterocycles. The van der Waals surface area contributed by atoms with Crippen molar-refractivity contribution in [3.63, 3.8) is 0 Å². The molecule has 0 fully saturated rings. The molecule has 0 spiro atoms. The highest BCUT2D eigenvalue weighted by Crippen LogP contribution is 2.13. The number of rotatable bonds is 5. The van der Waals surface area contributed by atoms with Gasteiger partial charge in [0.1, 0.15) is 0 Å². The molecule has 0 bridgehead atoms. The van der Waals surface area contributed by atoms with Crippen molar-refractivity contribution >= 4 is 23.2 Å². The van der Waals surface area contributed by atoms with Gasteiger partial charge in [-0.1, -0.05) is 37.3 Å². The zero-order valence-corrected chi connectivity index (χ0v) is 11.9. The van der Waals surface area contributed by atoms with Crippen molar-refractivity contribution in [2.75, 3.05) is 10.6 Å². The average Bonchev–Trinajstić information content (AvgIpc) is 2.48. The fraction of sp³-hybridized carbons (Fsp3) is 0.176. The maximum absolute atomic E-state index is 12.0. The van der Waals surface area contributed by atoms with Gasteiger partial charge in [-0.05, 0) is 29.8 Å². The minimum Gasteiger partial charge on any atom is -0.326 e. The van der Waals surface area contributed by atoms with Gasteiger partial charge >= 0.3 is 0 Å². The van der Waals surface area contributed by atoms with Crippen LogP contribution in [0.15, 0.2) is 54.6 Å². The van der Waals surface area contributed by atoms with Gasteiger partial charge in [-0.3, -0.25) is 9.59 Å². The Morgan fingerprint density at radius 3 is 2.24 bits per heavy atom. The zero-order valence-electron chi connectivity index (χ0n) is 11.9. The van der Waals surface area contributed by atoms with Crippen LogP contribution in [0.3, 0.4) is 0 Å². The Balaban J connectivity index is 1.97. The van der Waals surface area contributed by atoms with E-state index in [4.69, 9.17) is 0 Å². The van der Waals surface area contributed by atoms with E-state index >= 15 is 0 Å². The fourth-order valence-electron chi connectivity index (χ4n) is 1.92. The minimum atomic E-state index is -0.0832. The van der Waals surface area contributed by atoms with Crippen molar-refractivity contribution in [3.8, 4) is 0 Å². The topological polar surface area (TPSA) is 58.2 Å². The summed E-state index contributed by atoms with van der Waals surface area (Å²) in [7, 11) is 0. The molecule has 0 unspecified atom stereocenters. The lowest BCUT2D eigenvalue weighted by Crippen LogP contribution is -2.15. The lowest BCUT2D eigenvalue weighted by atomic mass is 10.1. The molecular formula is C17H18N2O2. The maximum Gasteiger partial charge on any atom is 0.228 e. The van der Waals surface area contributed by atoms with E-state index < -0.39 is 0 Å². The quantitative estimate of drug-likeness (QED) is 0.884. The molecule has 2 aromatic rings. The first-order chi connectivity index (χ1) is 10.2. The van der Waals surface area contributed by atoms with Gasteiger partial charge in [0.15, 0.2) is 0 Å². The predicted octanol–water partition coefficient (Wildman–Crippen LogP) is 3.22. The summed E-state index contributed by atoms with van der Waals surface area (Å²) in [6.07, 6.45) is 0.698. The van der Waals surface area contributed by atoms with E-state index in [0.717, 1.165) is 11.3 Å². The van der Waals surface area contributed by atoms with Gasteiger partial charge < -0.3 is 10.6 Å². The van der Waals surface area contributed by atoms with Crippen LogP contribution >= 0.6 is 0 Å². The second-order valence-corrected chi connectivity index (χ2v) is 4.69. The molecule has 2 amide bonds. The van der Waals surface area contributed by atoms with Gasteiger partial charge in [-0.15, -0.1) is 0 Å². The fourth-order valence-corrected chi connectivity index (χ4v) is 1.92. The van der Waals surface area contributed by atoms with E-state index in [9.17, 15) is 9.59 Å². The summed E-state index contributed by atoms with van der Waals surface area (Å²) in [5.41, 5.74) is 2.35.